The van der Waals surface area contributed by atoms with Gasteiger partial charge in [0.05, 0.1) is 12.1 Å². The smallest absolute Gasteiger partial charge is 0.242 e. The maximum atomic E-state index is 11.7. The van der Waals surface area contributed by atoms with Gasteiger partial charge in [-0.3, -0.25) is 9.59 Å². The Morgan fingerprint density at radius 2 is 1.75 bits per heavy atom. The predicted octanol–water partition coefficient (Wildman–Crippen LogP) is -1.29. The molecule has 0 aromatic heterocycles. The molecule has 2 amide bonds. The van der Waals surface area contributed by atoms with Gasteiger partial charge in [0.2, 0.25) is 11.8 Å². The molecule has 0 radical (unpaired) electrons. The van der Waals surface area contributed by atoms with Crippen molar-refractivity contribution in [2.45, 2.75) is 45.9 Å². The molecule has 16 heavy (non-hydrogen) atoms. The minimum absolute atomic E-state index is 0.426. The third kappa shape index (κ3) is 4.16. The molecule has 0 spiro atoms. The molecule has 3 atom stereocenters. The van der Waals surface area contributed by atoms with E-state index in [1.165, 1.54) is 6.92 Å². The van der Waals surface area contributed by atoms with Crippen molar-refractivity contribution >= 4 is 11.8 Å². The van der Waals surface area contributed by atoms with E-state index in [4.69, 9.17) is 11.5 Å². The maximum absolute atomic E-state index is 11.7. The molecule has 6 N–H and O–H groups in total. The molecule has 0 fully saturated rings. The van der Waals surface area contributed by atoms with E-state index >= 15 is 0 Å². The number of rotatable bonds is 4. The SMILES string of the molecule is C[C@@H](O)[C@H](NC(=O)[C@@H](N)C(C)(C)C)C(N)=O. The molecule has 0 aliphatic rings. The van der Waals surface area contributed by atoms with Crippen molar-refractivity contribution in [3.63, 3.8) is 0 Å². The Morgan fingerprint density at radius 1 is 1.31 bits per heavy atom. The minimum atomic E-state index is -1.11. The topological polar surface area (TPSA) is 118 Å². The van der Waals surface area contributed by atoms with Crippen LogP contribution in [0.2, 0.25) is 0 Å². The van der Waals surface area contributed by atoms with Crippen LogP contribution in [0.4, 0.5) is 0 Å². The van der Waals surface area contributed by atoms with Gasteiger partial charge in [-0.2, -0.15) is 0 Å². The van der Waals surface area contributed by atoms with Crippen molar-refractivity contribution in [3.8, 4) is 0 Å². The first-order valence-electron chi connectivity index (χ1n) is 5.10. The van der Waals surface area contributed by atoms with E-state index < -0.39 is 35.4 Å². The van der Waals surface area contributed by atoms with Gasteiger partial charge in [0.25, 0.3) is 0 Å². The number of hydrogen-bond acceptors (Lipinski definition) is 4. The Kier molecular flexibility index (Phi) is 4.89. The van der Waals surface area contributed by atoms with Gasteiger partial charge in [0.15, 0.2) is 0 Å². The second-order valence-corrected chi connectivity index (χ2v) is 4.97. The summed E-state index contributed by atoms with van der Waals surface area (Å²) in [6, 6.07) is -1.88. The lowest BCUT2D eigenvalue weighted by molar-refractivity contribution is -0.131. The molecule has 0 aromatic rings. The van der Waals surface area contributed by atoms with Gasteiger partial charge in [-0.15, -0.1) is 0 Å². The molecule has 94 valence electrons. The van der Waals surface area contributed by atoms with Crippen LogP contribution in [-0.2, 0) is 9.59 Å². The average Bonchev–Trinajstić information content (AvgIpc) is 2.09. The van der Waals surface area contributed by atoms with Gasteiger partial charge >= 0.3 is 0 Å². The Balaban J connectivity index is 4.60. The van der Waals surface area contributed by atoms with Gasteiger partial charge in [0, 0.05) is 0 Å². The fourth-order valence-electron chi connectivity index (χ4n) is 1.07. The fraction of sp³-hybridized carbons (Fsp3) is 0.800. The molecule has 6 nitrogen and oxygen atoms in total. The molecule has 6 heteroatoms. The van der Waals surface area contributed by atoms with Crippen molar-refractivity contribution < 1.29 is 14.7 Å². The Morgan fingerprint density at radius 3 is 2.00 bits per heavy atom. The van der Waals surface area contributed by atoms with Crippen molar-refractivity contribution in [1.29, 1.82) is 0 Å². The molecule has 0 unspecified atom stereocenters. The zero-order chi connectivity index (χ0) is 13.1. The van der Waals surface area contributed by atoms with Crippen molar-refractivity contribution in [3.05, 3.63) is 0 Å². The highest BCUT2D eigenvalue weighted by Crippen LogP contribution is 2.17. The first-order valence-corrected chi connectivity index (χ1v) is 5.10. The molecule has 0 rings (SSSR count). The average molecular weight is 231 g/mol. The van der Waals surface area contributed by atoms with Crippen molar-refractivity contribution in [2.75, 3.05) is 0 Å². The number of aliphatic hydroxyl groups excluding tert-OH is 1. The number of hydrogen-bond donors (Lipinski definition) is 4. The zero-order valence-electron chi connectivity index (χ0n) is 10.2. The summed E-state index contributed by atoms with van der Waals surface area (Å²) in [4.78, 5) is 22.6. The minimum Gasteiger partial charge on any atom is -0.391 e. The number of primary amides is 1. The summed E-state index contributed by atoms with van der Waals surface area (Å²) in [6.45, 7) is 6.79. The summed E-state index contributed by atoms with van der Waals surface area (Å²) in [5, 5.41) is 11.6. The lowest BCUT2D eigenvalue weighted by atomic mass is 9.86. The Bertz CT molecular complexity index is 271. The maximum Gasteiger partial charge on any atom is 0.242 e. The van der Waals surface area contributed by atoms with E-state index in [1.807, 2.05) is 0 Å². The molecule has 0 aliphatic heterocycles. The number of carbonyl (C=O) groups is 2. The lowest BCUT2D eigenvalue weighted by Crippen LogP contribution is -2.57. The van der Waals surface area contributed by atoms with Crippen LogP contribution >= 0.6 is 0 Å². The highest BCUT2D eigenvalue weighted by molar-refractivity contribution is 5.89. The molecule has 0 heterocycles. The van der Waals surface area contributed by atoms with E-state index in [-0.39, 0.29) is 0 Å². The summed E-state index contributed by atoms with van der Waals surface area (Å²) >= 11 is 0. The number of carbonyl (C=O) groups excluding carboxylic acids is 2. The van der Waals surface area contributed by atoms with Crippen molar-refractivity contribution in [2.24, 2.45) is 16.9 Å². The molecule has 0 aliphatic carbocycles. The highest BCUT2D eigenvalue weighted by atomic mass is 16.3. The first-order chi connectivity index (χ1) is 7.07. The van der Waals surface area contributed by atoms with Crippen LogP contribution in [0.15, 0.2) is 0 Å². The number of aliphatic hydroxyl groups is 1. The summed E-state index contributed by atoms with van der Waals surface area (Å²) in [5.41, 5.74) is 10.3. The second-order valence-electron chi connectivity index (χ2n) is 4.97. The van der Waals surface area contributed by atoms with Gasteiger partial charge < -0.3 is 21.9 Å². The number of nitrogens with two attached hydrogens (primary N) is 2. The van der Waals surface area contributed by atoms with Gasteiger partial charge in [-0.25, -0.2) is 0 Å². The molecule has 0 bridgehead atoms. The quantitative estimate of drug-likeness (QED) is 0.481. The van der Waals surface area contributed by atoms with Crippen LogP contribution in [0.5, 0.6) is 0 Å². The van der Waals surface area contributed by atoms with E-state index in [9.17, 15) is 14.7 Å². The fourth-order valence-corrected chi connectivity index (χ4v) is 1.07. The standard InChI is InChI=1S/C10H21N3O3/c1-5(14)6(8(12)15)13-9(16)7(11)10(2,3)4/h5-7,14H,11H2,1-4H3,(H2,12,15)(H,13,16)/t5-,6+,7-/m1/s1. The highest BCUT2D eigenvalue weighted by Gasteiger charge is 2.31. The number of amides is 2. The van der Waals surface area contributed by atoms with Gasteiger partial charge in [-0.1, -0.05) is 20.8 Å². The van der Waals surface area contributed by atoms with Crippen LogP contribution in [0.1, 0.15) is 27.7 Å². The van der Waals surface area contributed by atoms with Crippen LogP contribution < -0.4 is 16.8 Å². The predicted molar refractivity (Wildman–Crippen MR) is 60.2 cm³/mol. The van der Waals surface area contributed by atoms with E-state index in [0.29, 0.717) is 0 Å². The van der Waals surface area contributed by atoms with E-state index in [2.05, 4.69) is 5.32 Å². The van der Waals surface area contributed by atoms with Crippen LogP contribution in [0.3, 0.4) is 0 Å². The molecule has 0 aromatic carbocycles. The van der Waals surface area contributed by atoms with Crippen LogP contribution in [0.25, 0.3) is 0 Å². The molecular formula is C10H21N3O3. The normalized spacial score (nSPS) is 17.4. The number of nitrogens with one attached hydrogen (secondary N) is 1. The van der Waals surface area contributed by atoms with Crippen LogP contribution in [-0.4, -0.2) is 35.1 Å². The van der Waals surface area contributed by atoms with Gasteiger partial charge in [-0.05, 0) is 12.3 Å². The summed E-state index contributed by atoms with van der Waals surface area (Å²) in [5.74, 6) is -1.29. The summed E-state index contributed by atoms with van der Waals surface area (Å²) < 4.78 is 0. The second kappa shape index (κ2) is 5.27. The summed E-state index contributed by atoms with van der Waals surface area (Å²) in [6.07, 6.45) is -1.05. The van der Waals surface area contributed by atoms with Gasteiger partial charge in [0.1, 0.15) is 6.04 Å². The third-order valence-corrected chi connectivity index (χ3v) is 2.30. The summed E-state index contributed by atoms with van der Waals surface area (Å²) in [7, 11) is 0. The lowest BCUT2D eigenvalue weighted by Gasteiger charge is -2.28. The Hall–Kier alpha value is -1.14. The van der Waals surface area contributed by atoms with E-state index in [0.717, 1.165) is 0 Å². The third-order valence-electron chi connectivity index (χ3n) is 2.30. The first kappa shape index (κ1) is 14.9. The largest absolute Gasteiger partial charge is 0.391 e. The van der Waals surface area contributed by atoms with Crippen LogP contribution in [0, 0.1) is 5.41 Å². The monoisotopic (exact) mass is 231 g/mol. The Labute approximate surface area is 95.4 Å². The molecule has 0 saturated carbocycles. The zero-order valence-corrected chi connectivity index (χ0v) is 10.2. The molecular weight excluding hydrogens is 210 g/mol. The van der Waals surface area contributed by atoms with Crippen molar-refractivity contribution in [1.82, 2.24) is 5.32 Å². The molecule has 0 saturated heterocycles. The van der Waals surface area contributed by atoms with E-state index in [1.54, 1.807) is 20.8 Å².